The van der Waals surface area contributed by atoms with Crippen LogP contribution in [-0.2, 0) is 11.3 Å². The zero-order valence-electron chi connectivity index (χ0n) is 14.9. The lowest BCUT2D eigenvalue weighted by molar-refractivity contribution is -0.386. The largest absolute Gasteiger partial charge is 0.464 e. The molecule has 0 heterocycles. The van der Waals surface area contributed by atoms with E-state index >= 15 is 0 Å². The van der Waals surface area contributed by atoms with Gasteiger partial charge in [-0.2, -0.15) is 5.26 Å². The molecule has 0 amide bonds. The Bertz CT molecular complexity index is 768. The number of hydrogen-bond acceptors (Lipinski definition) is 5. The number of para-hydroxylation sites is 1. The van der Waals surface area contributed by atoms with Crippen molar-refractivity contribution in [1.82, 2.24) is 0 Å². The topological polar surface area (TPSA) is 85.4 Å². The average Bonchev–Trinajstić information content (AvgIpc) is 2.66. The molecule has 0 bridgehead atoms. The summed E-state index contributed by atoms with van der Waals surface area (Å²) in [5.74, 6) is 1.06. The Morgan fingerprint density at radius 1 is 1.19 bits per heavy atom. The van der Waals surface area contributed by atoms with Crippen molar-refractivity contribution in [1.29, 1.82) is 5.26 Å². The second kappa shape index (κ2) is 9.54. The number of nitro benzene ring substituents is 1. The van der Waals surface area contributed by atoms with Gasteiger partial charge >= 0.3 is 0 Å². The molecule has 0 aliphatic carbocycles. The molecule has 0 N–H and O–H groups in total. The highest BCUT2D eigenvalue weighted by Gasteiger charge is 2.16. The molecule has 6 heteroatoms. The Morgan fingerprint density at radius 2 is 1.88 bits per heavy atom. The quantitative estimate of drug-likeness (QED) is 0.361. The number of nitro groups is 1. The number of benzene rings is 2. The van der Waals surface area contributed by atoms with Crippen LogP contribution >= 0.6 is 0 Å². The van der Waals surface area contributed by atoms with Gasteiger partial charge in [-0.15, -0.1) is 0 Å². The molecule has 0 aliphatic heterocycles. The van der Waals surface area contributed by atoms with Crippen LogP contribution in [0.1, 0.15) is 43.7 Å². The standard InChI is InChI=1S/C20H22N2O4/c1-3-15(2)16-8-10-18(11-9-16)26-20(12-13-21)25-14-17-6-4-5-7-19(17)22(23)24/h4-11,15,20H,3,12,14H2,1-2H3. The number of ether oxygens (including phenoxy) is 2. The van der Waals surface area contributed by atoms with E-state index in [0.717, 1.165) is 6.42 Å². The van der Waals surface area contributed by atoms with Gasteiger partial charge in [0.25, 0.3) is 5.69 Å². The van der Waals surface area contributed by atoms with Gasteiger partial charge in [0.2, 0.25) is 6.29 Å². The summed E-state index contributed by atoms with van der Waals surface area (Å²) in [5, 5.41) is 20.0. The van der Waals surface area contributed by atoms with Gasteiger partial charge in [0.05, 0.1) is 29.6 Å². The third kappa shape index (κ3) is 5.30. The average molecular weight is 354 g/mol. The fraction of sp³-hybridized carbons (Fsp3) is 0.350. The first-order valence-corrected chi connectivity index (χ1v) is 8.52. The number of nitrogens with zero attached hydrogens (tertiary/aromatic N) is 2. The Hall–Kier alpha value is -2.91. The van der Waals surface area contributed by atoms with Crippen molar-refractivity contribution in [3.8, 4) is 11.8 Å². The predicted molar refractivity (Wildman–Crippen MR) is 97.7 cm³/mol. The normalized spacial score (nSPS) is 12.8. The smallest absolute Gasteiger partial charge is 0.274 e. The van der Waals surface area contributed by atoms with Crippen molar-refractivity contribution in [2.24, 2.45) is 0 Å². The first-order chi connectivity index (χ1) is 12.5. The van der Waals surface area contributed by atoms with Crippen LogP contribution in [0.25, 0.3) is 0 Å². The molecule has 0 spiro atoms. The Balaban J connectivity index is 2.03. The highest BCUT2D eigenvalue weighted by molar-refractivity contribution is 5.39. The van der Waals surface area contributed by atoms with Gasteiger partial charge in [0.15, 0.2) is 0 Å². The number of nitriles is 1. The molecule has 136 valence electrons. The first-order valence-electron chi connectivity index (χ1n) is 8.52. The van der Waals surface area contributed by atoms with E-state index in [-0.39, 0.29) is 18.7 Å². The van der Waals surface area contributed by atoms with Crippen molar-refractivity contribution in [2.45, 2.75) is 45.5 Å². The van der Waals surface area contributed by atoms with Gasteiger partial charge in [-0.3, -0.25) is 10.1 Å². The summed E-state index contributed by atoms with van der Waals surface area (Å²) in [4.78, 5) is 10.6. The predicted octanol–water partition coefficient (Wildman–Crippen LogP) is 4.94. The van der Waals surface area contributed by atoms with Crippen LogP contribution in [0.2, 0.25) is 0 Å². The molecule has 2 aromatic rings. The van der Waals surface area contributed by atoms with Gasteiger partial charge in [0.1, 0.15) is 5.75 Å². The van der Waals surface area contributed by atoms with Gasteiger partial charge in [-0.25, -0.2) is 0 Å². The van der Waals surface area contributed by atoms with Crippen LogP contribution in [-0.4, -0.2) is 11.2 Å². The summed E-state index contributed by atoms with van der Waals surface area (Å²) in [7, 11) is 0. The van der Waals surface area contributed by atoms with Gasteiger partial charge in [0, 0.05) is 6.07 Å². The molecular formula is C20H22N2O4. The third-order valence-electron chi connectivity index (χ3n) is 4.20. The van der Waals surface area contributed by atoms with Crippen LogP contribution in [0.4, 0.5) is 5.69 Å². The van der Waals surface area contributed by atoms with Crippen molar-refractivity contribution in [3.05, 3.63) is 69.8 Å². The van der Waals surface area contributed by atoms with E-state index in [1.165, 1.54) is 11.6 Å². The van der Waals surface area contributed by atoms with E-state index in [4.69, 9.17) is 14.7 Å². The highest BCUT2D eigenvalue weighted by Crippen LogP contribution is 2.24. The summed E-state index contributed by atoms with van der Waals surface area (Å²) in [6.45, 7) is 4.29. The minimum Gasteiger partial charge on any atom is -0.464 e. The zero-order valence-corrected chi connectivity index (χ0v) is 14.9. The van der Waals surface area contributed by atoms with Crippen LogP contribution in [0.15, 0.2) is 48.5 Å². The molecule has 6 nitrogen and oxygen atoms in total. The maximum Gasteiger partial charge on any atom is 0.274 e. The molecule has 0 aromatic heterocycles. The lowest BCUT2D eigenvalue weighted by atomic mass is 9.99. The molecule has 2 rings (SSSR count). The van der Waals surface area contributed by atoms with E-state index in [1.54, 1.807) is 18.2 Å². The Labute approximate surface area is 153 Å². The van der Waals surface area contributed by atoms with E-state index in [0.29, 0.717) is 17.2 Å². The van der Waals surface area contributed by atoms with Crippen molar-refractivity contribution in [2.75, 3.05) is 0 Å². The molecule has 26 heavy (non-hydrogen) atoms. The van der Waals surface area contributed by atoms with Crippen LogP contribution in [0, 0.1) is 21.4 Å². The summed E-state index contributed by atoms with van der Waals surface area (Å²) < 4.78 is 11.3. The number of rotatable bonds is 9. The zero-order chi connectivity index (χ0) is 18.9. The lowest BCUT2D eigenvalue weighted by Crippen LogP contribution is -2.20. The van der Waals surface area contributed by atoms with E-state index in [9.17, 15) is 10.1 Å². The minimum atomic E-state index is -0.797. The minimum absolute atomic E-state index is 0.00550. The maximum atomic E-state index is 11.1. The molecule has 2 atom stereocenters. The molecule has 2 aromatic carbocycles. The van der Waals surface area contributed by atoms with Gasteiger partial charge in [-0.1, -0.05) is 38.1 Å². The fourth-order valence-electron chi connectivity index (χ4n) is 2.47. The van der Waals surface area contributed by atoms with Crippen LogP contribution in [0.3, 0.4) is 0 Å². The van der Waals surface area contributed by atoms with Gasteiger partial charge in [-0.05, 0) is 36.1 Å². The van der Waals surface area contributed by atoms with Crippen LogP contribution in [0.5, 0.6) is 5.75 Å². The summed E-state index contributed by atoms with van der Waals surface area (Å²) >= 11 is 0. The summed E-state index contributed by atoms with van der Waals surface area (Å²) in [6.07, 6.45) is 0.276. The second-order valence-corrected chi connectivity index (χ2v) is 5.98. The monoisotopic (exact) mass is 354 g/mol. The second-order valence-electron chi connectivity index (χ2n) is 5.98. The molecular weight excluding hydrogens is 332 g/mol. The molecule has 0 saturated carbocycles. The summed E-state index contributed by atoms with van der Waals surface area (Å²) in [5.41, 5.74) is 1.65. The first kappa shape index (κ1) is 19.4. The molecule has 0 fully saturated rings. The van der Waals surface area contributed by atoms with Gasteiger partial charge < -0.3 is 9.47 Å². The molecule has 0 aliphatic rings. The van der Waals surface area contributed by atoms with Crippen molar-refractivity contribution >= 4 is 5.69 Å². The third-order valence-corrected chi connectivity index (χ3v) is 4.20. The van der Waals surface area contributed by atoms with Crippen molar-refractivity contribution in [3.63, 3.8) is 0 Å². The summed E-state index contributed by atoms with van der Waals surface area (Å²) in [6, 6.07) is 16.1. The Kier molecular flexibility index (Phi) is 7.12. The van der Waals surface area contributed by atoms with Crippen LogP contribution < -0.4 is 4.74 Å². The molecule has 2 unspecified atom stereocenters. The van der Waals surface area contributed by atoms with E-state index < -0.39 is 11.2 Å². The lowest BCUT2D eigenvalue weighted by Gasteiger charge is -2.18. The fourth-order valence-corrected chi connectivity index (χ4v) is 2.47. The Morgan fingerprint density at radius 3 is 2.50 bits per heavy atom. The van der Waals surface area contributed by atoms with E-state index in [1.807, 2.05) is 30.3 Å². The highest BCUT2D eigenvalue weighted by atomic mass is 16.7. The van der Waals surface area contributed by atoms with Crippen molar-refractivity contribution < 1.29 is 14.4 Å². The molecule has 0 saturated heterocycles. The molecule has 0 radical (unpaired) electrons. The maximum absolute atomic E-state index is 11.1. The SMILES string of the molecule is CCC(C)c1ccc(OC(CC#N)OCc2ccccc2[N+](=O)[O-])cc1. The number of hydrogen-bond donors (Lipinski definition) is 0. The van der Waals surface area contributed by atoms with E-state index in [2.05, 4.69) is 13.8 Å².